The standard InChI is InChI=1S/C28H41NO3S/c1-4-6-8-10-14-23-16-12-18-25-26-19-13-17-24(15-11-9-7-5-2)28(26)29(27(23)25)21-20-22(3)33(30,31)32/h12-13,16-19,22H,4-11,14-15,20-21H2,1-3H3,(H,30,31,32). The molecule has 0 aliphatic carbocycles. The number of nitrogens with zero attached hydrogens (tertiary/aromatic N) is 1. The van der Waals surface area contributed by atoms with Crippen molar-refractivity contribution in [2.45, 2.75) is 103 Å². The molecular weight excluding hydrogens is 430 g/mol. The molecule has 0 saturated carbocycles. The summed E-state index contributed by atoms with van der Waals surface area (Å²) in [7, 11) is -4.04. The van der Waals surface area contributed by atoms with Crippen LogP contribution in [0.1, 0.15) is 89.7 Å². The quantitative estimate of drug-likeness (QED) is 0.193. The predicted octanol–water partition coefficient (Wildman–Crippen LogP) is 7.71. The van der Waals surface area contributed by atoms with Crippen LogP contribution in [0.5, 0.6) is 0 Å². The first-order valence-corrected chi connectivity index (χ1v) is 14.4. The van der Waals surface area contributed by atoms with Crippen molar-refractivity contribution in [1.82, 2.24) is 4.57 Å². The maximum atomic E-state index is 11.7. The zero-order valence-electron chi connectivity index (χ0n) is 20.6. The highest BCUT2D eigenvalue weighted by Crippen LogP contribution is 2.35. The average Bonchev–Trinajstić information content (AvgIpc) is 3.12. The zero-order chi connectivity index (χ0) is 23.8. The molecule has 5 heteroatoms. The van der Waals surface area contributed by atoms with Crippen molar-refractivity contribution in [3.05, 3.63) is 47.5 Å². The third kappa shape index (κ3) is 6.39. The van der Waals surface area contributed by atoms with Gasteiger partial charge in [-0.1, -0.05) is 88.8 Å². The summed E-state index contributed by atoms with van der Waals surface area (Å²) in [5.74, 6) is 0. The summed E-state index contributed by atoms with van der Waals surface area (Å²) in [6, 6.07) is 13.2. The van der Waals surface area contributed by atoms with E-state index >= 15 is 0 Å². The molecule has 182 valence electrons. The molecule has 0 spiro atoms. The highest BCUT2D eigenvalue weighted by molar-refractivity contribution is 7.86. The van der Waals surface area contributed by atoms with Crippen molar-refractivity contribution in [2.75, 3.05) is 0 Å². The molecule has 0 aliphatic rings. The molecule has 4 nitrogen and oxygen atoms in total. The molecule has 3 aromatic rings. The lowest BCUT2D eigenvalue weighted by atomic mass is 10.0. The Balaban J connectivity index is 2.07. The van der Waals surface area contributed by atoms with Gasteiger partial charge in [-0.05, 0) is 50.2 Å². The minimum absolute atomic E-state index is 0.395. The van der Waals surface area contributed by atoms with Gasteiger partial charge in [0.15, 0.2) is 0 Å². The second-order valence-electron chi connectivity index (χ2n) is 9.51. The molecular formula is C28H41NO3S. The fraction of sp³-hybridized carbons (Fsp3) is 0.571. The first kappa shape index (κ1) is 25.8. The van der Waals surface area contributed by atoms with Crippen LogP contribution >= 0.6 is 0 Å². The van der Waals surface area contributed by atoms with Crippen molar-refractivity contribution in [2.24, 2.45) is 0 Å². The maximum Gasteiger partial charge on any atom is 0.267 e. The van der Waals surface area contributed by atoms with E-state index in [1.54, 1.807) is 6.92 Å². The molecule has 0 bridgehead atoms. The molecule has 0 fully saturated rings. The molecule has 1 aromatic heterocycles. The van der Waals surface area contributed by atoms with Crippen LogP contribution in [0, 0.1) is 0 Å². The van der Waals surface area contributed by atoms with Gasteiger partial charge in [-0.15, -0.1) is 0 Å². The number of aryl methyl sites for hydroxylation is 3. The summed E-state index contributed by atoms with van der Waals surface area (Å²) >= 11 is 0. The summed E-state index contributed by atoms with van der Waals surface area (Å²) in [6.07, 6.45) is 12.2. The third-order valence-corrected chi connectivity index (χ3v) is 8.19. The van der Waals surface area contributed by atoms with E-state index in [1.165, 1.54) is 84.3 Å². The Labute approximate surface area is 200 Å². The van der Waals surface area contributed by atoms with Crippen LogP contribution in [0.4, 0.5) is 0 Å². The smallest absolute Gasteiger partial charge is 0.267 e. The van der Waals surface area contributed by atoms with E-state index in [1.807, 2.05) is 0 Å². The van der Waals surface area contributed by atoms with Crippen molar-refractivity contribution in [1.29, 1.82) is 0 Å². The Bertz CT molecular complexity index is 1080. The topological polar surface area (TPSA) is 59.3 Å². The van der Waals surface area contributed by atoms with Gasteiger partial charge in [-0.25, -0.2) is 0 Å². The van der Waals surface area contributed by atoms with Crippen LogP contribution in [-0.2, 0) is 29.5 Å². The monoisotopic (exact) mass is 471 g/mol. The van der Waals surface area contributed by atoms with E-state index in [0.29, 0.717) is 13.0 Å². The average molecular weight is 472 g/mol. The maximum absolute atomic E-state index is 11.7. The number of hydrogen-bond acceptors (Lipinski definition) is 2. The van der Waals surface area contributed by atoms with Gasteiger partial charge in [0.2, 0.25) is 0 Å². The highest BCUT2D eigenvalue weighted by atomic mass is 32.2. The molecule has 1 N–H and O–H groups in total. The molecule has 0 aliphatic heterocycles. The molecule has 0 amide bonds. The first-order valence-electron chi connectivity index (χ1n) is 12.9. The van der Waals surface area contributed by atoms with E-state index in [0.717, 1.165) is 12.8 Å². The van der Waals surface area contributed by atoms with E-state index < -0.39 is 15.4 Å². The Morgan fingerprint density at radius 3 is 1.70 bits per heavy atom. The zero-order valence-corrected chi connectivity index (χ0v) is 21.5. The lowest BCUT2D eigenvalue weighted by molar-refractivity contribution is 0.462. The SMILES string of the molecule is CCCCCCc1cccc2c3cccc(CCCCCC)c3n(CCC(C)S(=O)(=O)O)c12. The molecule has 1 atom stereocenters. The fourth-order valence-corrected chi connectivity index (χ4v) is 5.34. The van der Waals surface area contributed by atoms with Crippen molar-refractivity contribution in [3.8, 4) is 0 Å². The second kappa shape index (κ2) is 12.0. The highest BCUT2D eigenvalue weighted by Gasteiger charge is 2.20. The number of hydrogen-bond donors (Lipinski definition) is 1. The number of rotatable bonds is 14. The van der Waals surface area contributed by atoms with Gasteiger partial charge >= 0.3 is 0 Å². The summed E-state index contributed by atoms with van der Waals surface area (Å²) in [6.45, 7) is 6.65. The number of unbranched alkanes of at least 4 members (excludes halogenated alkanes) is 6. The van der Waals surface area contributed by atoms with Crippen molar-refractivity contribution < 1.29 is 13.0 Å². The number of benzene rings is 2. The lowest BCUT2D eigenvalue weighted by Crippen LogP contribution is -2.19. The van der Waals surface area contributed by atoms with Gasteiger partial charge < -0.3 is 4.57 Å². The van der Waals surface area contributed by atoms with Crippen LogP contribution < -0.4 is 0 Å². The van der Waals surface area contributed by atoms with E-state index in [-0.39, 0.29) is 0 Å². The Morgan fingerprint density at radius 1 is 0.788 bits per heavy atom. The van der Waals surface area contributed by atoms with Crippen molar-refractivity contribution in [3.63, 3.8) is 0 Å². The summed E-state index contributed by atoms with van der Waals surface area (Å²) in [5.41, 5.74) is 5.17. The van der Waals surface area contributed by atoms with Crippen LogP contribution in [-0.4, -0.2) is 22.8 Å². The second-order valence-corrected chi connectivity index (χ2v) is 11.3. The van der Waals surface area contributed by atoms with E-state index in [9.17, 15) is 13.0 Å². The van der Waals surface area contributed by atoms with E-state index in [2.05, 4.69) is 54.8 Å². The molecule has 1 heterocycles. The van der Waals surface area contributed by atoms with Crippen LogP contribution in [0.3, 0.4) is 0 Å². The number of para-hydroxylation sites is 2. The van der Waals surface area contributed by atoms with Gasteiger partial charge in [-0.3, -0.25) is 4.55 Å². The number of fused-ring (bicyclic) bond motifs is 3. The molecule has 0 saturated heterocycles. The van der Waals surface area contributed by atoms with Gasteiger partial charge in [0.05, 0.1) is 16.3 Å². The minimum Gasteiger partial charge on any atom is -0.340 e. The summed E-state index contributed by atoms with van der Waals surface area (Å²) in [5, 5.41) is 1.74. The van der Waals surface area contributed by atoms with Crippen LogP contribution in [0.2, 0.25) is 0 Å². The van der Waals surface area contributed by atoms with Gasteiger partial charge in [0.1, 0.15) is 0 Å². The molecule has 2 aromatic carbocycles. The lowest BCUT2D eigenvalue weighted by Gasteiger charge is -2.15. The van der Waals surface area contributed by atoms with Crippen LogP contribution in [0.25, 0.3) is 21.8 Å². The van der Waals surface area contributed by atoms with E-state index in [4.69, 9.17) is 0 Å². The predicted molar refractivity (Wildman–Crippen MR) is 141 cm³/mol. The van der Waals surface area contributed by atoms with Gasteiger partial charge in [0, 0.05) is 17.3 Å². The van der Waals surface area contributed by atoms with Crippen molar-refractivity contribution >= 4 is 31.9 Å². The molecule has 0 radical (unpaired) electrons. The molecule has 33 heavy (non-hydrogen) atoms. The van der Waals surface area contributed by atoms with Gasteiger partial charge in [-0.2, -0.15) is 8.42 Å². The Kier molecular flexibility index (Phi) is 9.39. The van der Waals surface area contributed by atoms with Crippen LogP contribution in [0.15, 0.2) is 36.4 Å². The summed E-state index contributed by atoms with van der Waals surface area (Å²) in [4.78, 5) is 0. The largest absolute Gasteiger partial charge is 0.340 e. The fourth-order valence-electron chi connectivity index (χ4n) is 4.94. The van der Waals surface area contributed by atoms with Gasteiger partial charge in [0.25, 0.3) is 10.1 Å². The number of aromatic nitrogens is 1. The Morgan fingerprint density at radius 2 is 1.27 bits per heavy atom. The molecule has 1 unspecified atom stereocenters. The third-order valence-electron chi connectivity index (χ3n) is 6.94. The Hall–Kier alpha value is -1.85. The first-order chi connectivity index (χ1) is 15.9. The molecule has 3 rings (SSSR count). The minimum atomic E-state index is -4.04. The summed E-state index contributed by atoms with van der Waals surface area (Å²) < 4.78 is 35.3. The normalized spacial score (nSPS) is 13.2.